The van der Waals surface area contributed by atoms with E-state index >= 15 is 0 Å². The minimum atomic E-state index is -3.44. The average molecular weight is 367 g/mol. The Labute approximate surface area is 139 Å². The SMILES string of the molecule is O=C(CCS(=O)(=O)N1CCOCC1)Nc1ccc(Cl)c(Cl)c1. The predicted octanol–water partition coefficient (Wildman–Crippen LogP) is 1.98. The van der Waals surface area contributed by atoms with Gasteiger partial charge >= 0.3 is 0 Å². The lowest BCUT2D eigenvalue weighted by molar-refractivity contribution is -0.115. The van der Waals surface area contributed by atoms with Crippen LogP contribution in [-0.4, -0.2) is 50.7 Å². The lowest BCUT2D eigenvalue weighted by Gasteiger charge is -2.25. The van der Waals surface area contributed by atoms with Crippen LogP contribution in [0, 0.1) is 0 Å². The van der Waals surface area contributed by atoms with Crippen LogP contribution in [0.5, 0.6) is 0 Å². The number of sulfonamides is 1. The van der Waals surface area contributed by atoms with Crippen LogP contribution in [0.3, 0.4) is 0 Å². The topological polar surface area (TPSA) is 75.7 Å². The number of nitrogens with zero attached hydrogens (tertiary/aromatic N) is 1. The Morgan fingerprint density at radius 3 is 2.55 bits per heavy atom. The molecule has 1 fully saturated rings. The summed E-state index contributed by atoms with van der Waals surface area (Å²) in [5.41, 5.74) is 0.475. The number of rotatable bonds is 5. The molecule has 1 aromatic carbocycles. The molecule has 2 rings (SSSR count). The molecule has 122 valence electrons. The largest absolute Gasteiger partial charge is 0.379 e. The fraction of sp³-hybridized carbons (Fsp3) is 0.462. The van der Waals surface area contributed by atoms with Gasteiger partial charge in [0.25, 0.3) is 0 Å². The Kier molecular flexibility index (Phi) is 6.05. The summed E-state index contributed by atoms with van der Waals surface area (Å²) in [5.74, 6) is -0.629. The molecule has 22 heavy (non-hydrogen) atoms. The van der Waals surface area contributed by atoms with E-state index in [4.69, 9.17) is 27.9 Å². The van der Waals surface area contributed by atoms with Crippen LogP contribution in [0.4, 0.5) is 5.69 Å². The molecule has 1 heterocycles. The van der Waals surface area contributed by atoms with Crippen LogP contribution in [0.15, 0.2) is 18.2 Å². The van der Waals surface area contributed by atoms with Crippen molar-refractivity contribution in [3.8, 4) is 0 Å². The van der Waals surface area contributed by atoms with Crippen LogP contribution in [-0.2, 0) is 19.6 Å². The fourth-order valence-corrected chi connectivity index (χ4v) is 3.68. The number of hydrogen-bond donors (Lipinski definition) is 1. The molecule has 0 bridgehead atoms. The average Bonchev–Trinajstić information content (AvgIpc) is 2.50. The van der Waals surface area contributed by atoms with Gasteiger partial charge in [-0.25, -0.2) is 8.42 Å². The number of nitrogens with one attached hydrogen (secondary N) is 1. The third-order valence-corrected chi connectivity index (χ3v) is 5.76. The van der Waals surface area contributed by atoms with E-state index in [2.05, 4.69) is 5.32 Å². The van der Waals surface area contributed by atoms with Crippen molar-refractivity contribution in [2.24, 2.45) is 0 Å². The molecule has 0 atom stereocenters. The number of ether oxygens (including phenoxy) is 1. The number of anilines is 1. The monoisotopic (exact) mass is 366 g/mol. The third kappa shape index (κ3) is 4.82. The summed E-state index contributed by atoms with van der Waals surface area (Å²) in [6.07, 6.45) is -0.125. The zero-order valence-electron chi connectivity index (χ0n) is 11.7. The summed E-state index contributed by atoms with van der Waals surface area (Å²) in [4.78, 5) is 11.8. The van der Waals surface area contributed by atoms with Crippen LogP contribution in [0.1, 0.15) is 6.42 Å². The number of carbonyl (C=O) groups excluding carboxylic acids is 1. The lowest BCUT2D eigenvalue weighted by Crippen LogP contribution is -2.42. The molecule has 1 N–H and O–H groups in total. The molecule has 0 spiro atoms. The Hall–Kier alpha value is -0.860. The van der Waals surface area contributed by atoms with Gasteiger partial charge < -0.3 is 10.1 Å². The summed E-state index contributed by atoms with van der Waals surface area (Å²) in [7, 11) is -3.44. The van der Waals surface area contributed by atoms with Gasteiger partial charge in [-0.1, -0.05) is 23.2 Å². The number of morpholine rings is 1. The predicted molar refractivity (Wildman–Crippen MR) is 85.9 cm³/mol. The van der Waals surface area contributed by atoms with Crippen molar-refractivity contribution in [3.05, 3.63) is 28.2 Å². The molecule has 6 nitrogen and oxygen atoms in total. The first kappa shape index (κ1) is 17.5. The van der Waals surface area contributed by atoms with Crippen molar-refractivity contribution in [2.75, 3.05) is 37.4 Å². The quantitative estimate of drug-likeness (QED) is 0.864. The molecule has 0 radical (unpaired) electrons. The summed E-state index contributed by atoms with van der Waals surface area (Å²) in [6, 6.07) is 4.67. The zero-order valence-corrected chi connectivity index (χ0v) is 14.0. The first-order valence-electron chi connectivity index (χ1n) is 6.69. The Bertz CT molecular complexity index is 645. The zero-order chi connectivity index (χ0) is 16.2. The van der Waals surface area contributed by atoms with Crippen LogP contribution >= 0.6 is 23.2 Å². The third-order valence-electron chi connectivity index (χ3n) is 3.15. The van der Waals surface area contributed by atoms with Crippen molar-refractivity contribution in [2.45, 2.75) is 6.42 Å². The maximum absolute atomic E-state index is 12.1. The summed E-state index contributed by atoms with van der Waals surface area (Å²) >= 11 is 11.6. The number of halogens is 2. The van der Waals surface area contributed by atoms with Gasteiger partial charge in [-0.05, 0) is 18.2 Å². The van der Waals surface area contributed by atoms with Gasteiger partial charge in [0, 0.05) is 25.2 Å². The highest BCUT2D eigenvalue weighted by molar-refractivity contribution is 7.89. The molecule has 0 aromatic heterocycles. The molecule has 1 aliphatic rings. The summed E-state index contributed by atoms with van der Waals surface area (Å²) < 4.78 is 30.6. The second-order valence-electron chi connectivity index (χ2n) is 4.75. The molecule has 0 unspecified atom stereocenters. The molecule has 1 aromatic rings. The van der Waals surface area contributed by atoms with Gasteiger partial charge in [0.1, 0.15) is 0 Å². The van der Waals surface area contributed by atoms with Crippen molar-refractivity contribution in [3.63, 3.8) is 0 Å². The Balaban J connectivity index is 1.87. The summed E-state index contributed by atoms with van der Waals surface area (Å²) in [6.45, 7) is 1.43. The van der Waals surface area contributed by atoms with Crippen molar-refractivity contribution >= 4 is 44.8 Å². The number of amides is 1. The van der Waals surface area contributed by atoms with E-state index in [9.17, 15) is 13.2 Å². The van der Waals surface area contributed by atoms with Gasteiger partial charge in [-0.3, -0.25) is 4.79 Å². The highest BCUT2D eigenvalue weighted by Crippen LogP contribution is 2.25. The van der Waals surface area contributed by atoms with E-state index in [0.717, 1.165) is 0 Å². The fourth-order valence-electron chi connectivity index (χ4n) is 1.97. The van der Waals surface area contributed by atoms with Gasteiger partial charge in [-0.2, -0.15) is 4.31 Å². The van der Waals surface area contributed by atoms with Crippen LogP contribution in [0.2, 0.25) is 10.0 Å². The minimum Gasteiger partial charge on any atom is -0.379 e. The maximum Gasteiger partial charge on any atom is 0.225 e. The van der Waals surface area contributed by atoms with Gasteiger partial charge in [0.2, 0.25) is 15.9 Å². The second kappa shape index (κ2) is 7.61. The van der Waals surface area contributed by atoms with Crippen molar-refractivity contribution in [1.82, 2.24) is 4.31 Å². The number of hydrogen-bond acceptors (Lipinski definition) is 4. The van der Waals surface area contributed by atoms with E-state index in [-0.39, 0.29) is 12.2 Å². The van der Waals surface area contributed by atoms with E-state index in [1.165, 1.54) is 10.4 Å². The standard InChI is InChI=1S/C13H16Cl2N2O4S/c14-11-2-1-10(9-12(11)15)16-13(18)3-8-22(19,20)17-4-6-21-7-5-17/h1-2,9H,3-8H2,(H,16,18). The van der Waals surface area contributed by atoms with E-state index in [0.29, 0.717) is 42.0 Å². The summed E-state index contributed by atoms with van der Waals surface area (Å²) in [5, 5.41) is 3.30. The molecule has 1 amide bonds. The normalized spacial score (nSPS) is 16.5. The van der Waals surface area contributed by atoms with Gasteiger partial charge in [0.15, 0.2) is 0 Å². The van der Waals surface area contributed by atoms with Crippen molar-refractivity contribution in [1.29, 1.82) is 0 Å². The highest BCUT2D eigenvalue weighted by atomic mass is 35.5. The molecule has 1 aliphatic heterocycles. The van der Waals surface area contributed by atoms with Crippen molar-refractivity contribution < 1.29 is 17.9 Å². The second-order valence-corrected chi connectivity index (χ2v) is 7.66. The first-order valence-corrected chi connectivity index (χ1v) is 9.05. The van der Waals surface area contributed by atoms with E-state index in [1.807, 2.05) is 0 Å². The smallest absolute Gasteiger partial charge is 0.225 e. The molecule has 0 saturated carbocycles. The van der Waals surface area contributed by atoms with Gasteiger partial charge in [0.05, 0.1) is 29.0 Å². The van der Waals surface area contributed by atoms with Crippen LogP contribution < -0.4 is 5.32 Å². The highest BCUT2D eigenvalue weighted by Gasteiger charge is 2.24. The molecular weight excluding hydrogens is 351 g/mol. The lowest BCUT2D eigenvalue weighted by atomic mass is 10.3. The van der Waals surface area contributed by atoms with E-state index in [1.54, 1.807) is 12.1 Å². The van der Waals surface area contributed by atoms with E-state index < -0.39 is 15.9 Å². The molecular formula is C13H16Cl2N2O4S. The Morgan fingerprint density at radius 2 is 1.91 bits per heavy atom. The maximum atomic E-state index is 12.1. The van der Waals surface area contributed by atoms with Gasteiger partial charge in [-0.15, -0.1) is 0 Å². The Morgan fingerprint density at radius 1 is 1.23 bits per heavy atom. The number of carbonyl (C=O) groups is 1. The van der Waals surface area contributed by atoms with Crippen LogP contribution in [0.25, 0.3) is 0 Å². The molecule has 1 saturated heterocycles. The molecule has 9 heteroatoms. The number of benzene rings is 1. The first-order chi connectivity index (χ1) is 10.4. The minimum absolute atomic E-state index is 0.125. The molecule has 0 aliphatic carbocycles.